The summed E-state index contributed by atoms with van der Waals surface area (Å²) in [5, 5.41) is 0.704. The first-order valence-corrected chi connectivity index (χ1v) is 9.66. The Labute approximate surface area is 170 Å². The quantitative estimate of drug-likeness (QED) is 0.692. The van der Waals surface area contributed by atoms with Crippen LogP contribution in [-0.4, -0.2) is 41.1 Å². The molecule has 0 N–H and O–H groups in total. The molecule has 148 valence electrons. The summed E-state index contributed by atoms with van der Waals surface area (Å²) >= 11 is 6.06. The van der Waals surface area contributed by atoms with Crippen molar-refractivity contribution < 1.29 is 13.9 Å². The Morgan fingerprint density at radius 3 is 2.57 bits per heavy atom. The molecule has 0 bridgehead atoms. The number of ether oxygens (including phenoxy) is 1. The lowest BCUT2D eigenvalue weighted by molar-refractivity contribution is 0.0285. The molecular weight excluding hydrogens is 379 g/mol. The monoisotopic (exact) mass is 402 g/mol. The van der Waals surface area contributed by atoms with Crippen LogP contribution in [0.1, 0.15) is 25.0 Å². The van der Waals surface area contributed by atoms with E-state index in [4.69, 9.17) is 16.3 Å². The molecular formula is C22H24ClFN2O2. The largest absolute Gasteiger partial charge is 0.478 e. The maximum atomic E-state index is 13.2. The van der Waals surface area contributed by atoms with Gasteiger partial charge in [-0.3, -0.25) is 4.90 Å². The van der Waals surface area contributed by atoms with Crippen LogP contribution in [0.4, 0.5) is 4.39 Å². The van der Waals surface area contributed by atoms with Crippen LogP contribution in [-0.2, 0) is 11.3 Å². The molecule has 2 atom stereocenters. The van der Waals surface area contributed by atoms with Crippen molar-refractivity contribution in [1.29, 1.82) is 0 Å². The van der Waals surface area contributed by atoms with E-state index in [1.165, 1.54) is 12.1 Å². The zero-order valence-corrected chi connectivity index (χ0v) is 17.0. The smallest absolute Gasteiger partial charge is 0.147 e. The molecule has 0 spiro atoms. The van der Waals surface area contributed by atoms with E-state index < -0.39 is 0 Å². The van der Waals surface area contributed by atoms with Crippen LogP contribution in [0.3, 0.4) is 0 Å². The second kappa shape index (κ2) is 8.78. The minimum absolute atomic E-state index is 0.0910. The van der Waals surface area contributed by atoms with Gasteiger partial charge in [-0.1, -0.05) is 23.7 Å². The van der Waals surface area contributed by atoms with Crippen LogP contribution in [0, 0.1) is 12.7 Å². The van der Waals surface area contributed by atoms with Gasteiger partial charge in [0, 0.05) is 24.2 Å². The molecule has 0 amide bonds. The van der Waals surface area contributed by atoms with Crippen LogP contribution >= 0.6 is 11.6 Å². The van der Waals surface area contributed by atoms with E-state index >= 15 is 0 Å². The average Bonchev–Trinajstić information content (AvgIpc) is 2.68. The molecule has 0 aromatic heterocycles. The fourth-order valence-corrected chi connectivity index (χ4v) is 3.56. The molecule has 1 aliphatic rings. The molecule has 4 nitrogen and oxygen atoms in total. The topological polar surface area (TPSA) is 32.8 Å². The first kappa shape index (κ1) is 20.4. The molecule has 6 heteroatoms. The lowest BCUT2D eigenvalue weighted by atomic mass is 10.0. The van der Waals surface area contributed by atoms with Crippen molar-refractivity contribution in [3.63, 3.8) is 0 Å². The third-order valence-corrected chi connectivity index (χ3v) is 5.60. The van der Waals surface area contributed by atoms with Gasteiger partial charge in [-0.25, -0.2) is 9.18 Å². The Hall–Kier alpha value is -2.33. The lowest BCUT2D eigenvalue weighted by Crippen LogP contribution is -2.55. The lowest BCUT2D eigenvalue weighted by Gasteiger charge is -2.45. The van der Waals surface area contributed by atoms with Crippen molar-refractivity contribution in [2.75, 3.05) is 13.3 Å². The van der Waals surface area contributed by atoms with Crippen LogP contribution < -0.4 is 4.74 Å². The maximum absolute atomic E-state index is 13.2. The van der Waals surface area contributed by atoms with Crippen LogP contribution in [0.25, 0.3) is 0 Å². The Morgan fingerprint density at radius 2 is 1.93 bits per heavy atom. The number of hydrogen-bond acceptors (Lipinski definition) is 4. The molecule has 1 fully saturated rings. The molecule has 1 aliphatic heterocycles. The third kappa shape index (κ3) is 4.56. The van der Waals surface area contributed by atoms with Gasteiger partial charge in [0.05, 0.1) is 6.04 Å². The maximum Gasteiger partial charge on any atom is 0.147 e. The zero-order chi connectivity index (χ0) is 20.3. The molecule has 28 heavy (non-hydrogen) atoms. The van der Waals surface area contributed by atoms with Gasteiger partial charge in [0.2, 0.25) is 0 Å². The molecule has 0 aliphatic carbocycles. The second-order valence-corrected chi connectivity index (χ2v) is 7.63. The highest BCUT2D eigenvalue weighted by atomic mass is 35.5. The van der Waals surface area contributed by atoms with Crippen LogP contribution in [0.5, 0.6) is 5.75 Å². The number of benzene rings is 2. The third-order valence-electron chi connectivity index (χ3n) is 5.18. The van der Waals surface area contributed by atoms with Gasteiger partial charge in [-0.15, -0.1) is 0 Å². The first-order chi connectivity index (χ1) is 13.4. The number of aryl methyl sites for hydroxylation is 1. The molecule has 0 radical (unpaired) electrons. The standard InChI is InChI=1S/C22H24ClFN2O2/c1-15-10-20(8-9-21(15)23)28-14-25-11-16(2)26(22(13-27)17(25)3)12-18-4-6-19(24)7-5-18/h4-10,16-17H,11-12,14H2,1-3H3/t16-,17+/m1/s1. The van der Waals surface area contributed by atoms with E-state index in [-0.39, 0.29) is 17.9 Å². The summed E-state index contributed by atoms with van der Waals surface area (Å²) in [7, 11) is 0. The average molecular weight is 403 g/mol. The summed E-state index contributed by atoms with van der Waals surface area (Å²) in [6.07, 6.45) is 0. The normalized spacial score (nSPS) is 20.2. The van der Waals surface area contributed by atoms with Crippen molar-refractivity contribution in [3.05, 3.63) is 70.1 Å². The van der Waals surface area contributed by atoms with Crippen molar-refractivity contribution >= 4 is 17.5 Å². The molecule has 2 aromatic carbocycles. The molecule has 2 aromatic rings. The number of hydrogen-bond donors (Lipinski definition) is 0. The molecule has 1 saturated heterocycles. The molecule has 0 saturated carbocycles. The van der Waals surface area contributed by atoms with Gasteiger partial charge in [0.1, 0.15) is 29.9 Å². The van der Waals surface area contributed by atoms with E-state index in [0.717, 1.165) is 23.4 Å². The van der Waals surface area contributed by atoms with Gasteiger partial charge in [0.15, 0.2) is 0 Å². The first-order valence-electron chi connectivity index (χ1n) is 9.28. The molecule has 3 rings (SSSR count). The summed E-state index contributed by atoms with van der Waals surface area (Å²) in [6, 6.07) is 11.9. The van der Waals surface area contributed by atoms with E-state index in [9.17, 15) is 9.18 Å². The predicted molar refractivity (Wildman–Crippen MR) is 108 cm³/mol. The highest BCUT2D eigenvalue weighted by Gasteiger charge is 2.34. The molecule has 0 unspecified atom stereocenters. The number of carbonyl (C=O) groups excluding carboxylic acids is 1. The summed E-state index contributed by atoms with van der Waals surface area (Å²) in [4.78, 5) is 15.9. The summed E-state index contributed by atoms with van der Waals surface area (Å²) in [6.45, 7) is 7.61. The fraction of sp³-hybridized carbons (Fsp3) is 0.364. The minimum Gasteiger partial charge on any atom is -0.478 e. The summed E-state index contributed by atoms with van der Waals surface area (Å²) < 4.78 is 19.1. The van der Waals surface area contributed by atoms with E-state index in [1.54, 1.807) is 12.1 Å². The number of rotatable bonds is 5. The zero-order valence-electron chi connectivity index (χ0n) is 16.3. The van der Waals surface area contributed by atoms with Crippen LogP contribution in [0.2, 0.25) is 5.02 Å². The second-order valence-electron chi connectivity index (χ2n) is 7.22. The van der Waals surface area contributed by atoms with E-state index in [1.807, 2.05) is 36.9 Å². The minimum atomic E-state index is -0.268. The van der Waals surface area contributed by atoms with Crippen molar-refractivity contribution in [1.82, 2.24) is 9.80 Å². The Balaban J connectivity index is 1.69. The Kier molecular flexibility index (Phi) is 6.40. The van der Waals surface area contributed by atoms with Crippen molar-refractivity contribution in [2.45, 2.75) is 39.4 Å². The predicted octanol–water partition coefficient (Wildman–Crippen LogP) is 4.43. The van der Waals surface area contributed by atoms with Crippen LogP contribution in [0.15, 0.2) is 48.2 Å². The van der Waals surface area contributed by atoms with Gasteiger partial charge in [-0.2, -0.15) is 0 Å². The summed E-state index contributed by atoms with van der Waals surface area (Å²) in [5.41, 5.74) is 2.49. The van der Waals surface area contributed by atoms with Gasteiger partial charge in [-0.05, 0) is 62.2 Å². The number of halogens is 2. The molecule has 1 heterocycles. The number of piperazine rings is 1. The van der Waals surface area contributed by atoms with Gasteiger partial charge >= 0.3 is 0 Å². The van der Waals surface area contributed by atoms with E-state index in [0.29, 0.717) is 24.0 Å². The van der Waals surface area contributed by atoms with Crippen molar-refractivity contribution in [2.24, 2.45) is 0 Å². The number of nitrogens with zero attached hydrogens (tertiary/aromatic N) is 2. The van der Waals surface area contributed by atoms with E-state index in [2.05, 4.69) is 17.8 Å². The van der Waals surface area contributed by atoms with Gasteiger partial charge in [0.25, 0.3) is 0 Å². The summed E-state index contributed by atoms with van der Waals surface area (Å²) in [5.74, 6) is 2.59. The fourth-order valence-electron chi connectivity index (χ4n) is 3.45. The van der Waals surface area contributed by atoms with Gasteiger partial charge < -0.3 is 9.64 Å². The SMILES string of the molecule is Cc1cc(OCN2C[C@@H](C)N(Cc3ccc(F)cc3)C(=C=O)[C@@H]2C)ccc1Cl. The highest BCUT2D eigenvalue weighted by molar-refractivity contribution is 6.31. The van der Waals surface area contributed by atoms with Crippen molar-refractivity contribution in [3.8, 4) is 5.75 Å². The Morgan fingerprint density at radius 1 is 1.21 bits per heavy atom. The highest BCUT2D eigenvalue weighted by Crippen LogP contribution is 2.26. The Bertz CT molecular complexity index is 881.